The van der Waals surface area contributed by atoms with Gasteiger partial charge in [0.05, 0.1) is 0 Å². The number of hydrogen-bond donors (Lipinski definition) is 0. The Morgan fingerprint density at radius 3 is 0.766 bits per heavy atom. The normalized spacial score (nSPS) is 13.3. The summed E-state index contributed by atoms with van der Waals surface area (Å²) in [6, 6.07) is 0. The molecule has 0 spiro atoms. The topological polar surface area (TPSA) is 78.9 Å². The van der Waals surface area contributed by atoms with Crippen molar-refractivity contribution in [3.8, 4) is 0 Å². The van der Waals surface area contributed by atoms with Crippen LogP contribution in [0.5, 0.6) is 0 Å². The van der Waals surface area contributed by atoms with Crippen LogP contribution in [0.25, 0.3) is 0 Å². The van der Waals surface area contributed by atoms with Crippen LogP contribution in [-0.2, 0) is 28.6 Å². The fourth-order valence-electron chi connectivity index (χ4n) is 7.72. The van der Waals surface area contributed by atoms with E-state index in [2.05, 4.69) is 191 Å². The highest BCUT2D eigenvalue weighted by molar-refractivity contribution is 5.71. The fraction of sp³-hybridized carbons (Fsp3) is 0.563. The highest BCUT2D eigenvalue weighted by atomic mass is 16.6. The van der Waals surface area contributed by atoms with Crippen molar-refractivity contribution in [3.05, 3.63) is 170 Å². The van der Waals surface area contributed by atoms with Crippen LogP contribution in [0, 0.1) is 0 Å². The number of esters is 3. The number of ether oxygens (including phenoxy) is 3. The summed E-state index contributed by atoms with van der Waals surface area (Å²) in [6.07, 6.45) is 93.5. The molecule has 6 nitrogen and oxygen atoms in total. The minimum atomic E-state index is -0.826. The van der Waals surface area contributed by atoms with Gasteiger partial charge in [-0.2, -0.15) is 0 Å². The Morgan fingerprint density at radius 2 is 0.468 bits per heavy atom. The van der Waals surface area contributed by atoms with E-state index in [4.69, 9.17) is 14.2 Å². The van der Waals surface area contributed by atoms with E-state index in [-0.39, 0.29) is 37.5 Å². The summed E-state index contributed by atoms with van der Waals surface area (Å²) < 4.78 is 16.8. The van der Waals surface area contributed by atoms with Crippen LogP contribution in [0.3, 0.4) is 0 Å². The second-order valence-corrected chi connectivity index (χ2v) is 19.5. The average Bonchev–Trinajstić information content (AvgIpc) is 3.43. The summed E-state index contributed by atoms with van der Waals surface area (Å²) in [7, 11) is 0. The van der Waals surface area contributed by atoms with Gasteiger partial charge in [0, 0.05) is 19.3 Å². The molecule has 0 aromatic rings. The van der Waals surface area contributed by atoms with Gasteiger partial charge in [-0.05, 0) is 148 Å². The van der Waals surface area contributed by atoms with Gasteiger partial charge in [0.25, 0.3) is 0 Å². The van der Waals surface area contributed by atoms with Gasteiger partial charge in [0.15, 0.2) is 6.10 Å². The summed E-state index contributed by atoms with van der Waals surface area (Å²) in [6.45, 7) is 6.22. The van der Waals surface area contributed by atoms with Gasteiger partial charge in [-0.1, -0.05) is 242 Å². The number of rotatable bonds is 53. The molecule has 430 valence electrons. The number of unbranched alkanes of at least 4 members (excludes halogenated alkanes) is 14. The van der Waals surface area contributed by atoms with Crippen LogP contribution in [0.15, 0.2) is 170 Å². The van der Waals surface area contributed by atoms with Gasteiger partial charge >= 0.3 is 17.9 Å². The Balaban J connectivity index is 4.48. The lowest BCUT2D eigenvalue weighted by Crippen LogP contribution is -2.30. The molecule has 0 rings (SSSR count). The van der Waals surface area contributed by atoms with Crippen molar-refractivity contribution >= 4 is 17.9 Å². The zero-order valence-corrected chi connectivity index (χ0v) is 49.1. The maximum absolute atomic E-state index is 12.9. The molecule has 0 N–H and O–H groups in total. The maximum atomic E-state index is 12.9. The van der Waals surface area contributed by atoms with Crippen molar-refractivity contribution < 1.29 is 28.6 Å². The molecule has 6 heteroatoms. The molecule has 0 fully saturated rings. The van der Waals surface area contributed by atoms with E-state index in [0.717, 1.165) is 154 Å². The molecule has 0 saturated heterocycles. The zero-order chi connectivity index (χ0) is 55.7. The molecule has 0 aromatic carbocycles. The van der Waals surface area contributed by atoms with Crippen LogP contribution in [0.4, 0.5) is 0 Å². The third-order valence-corrected chi connectivity index (χ3v) is 12.2. The lowest BCUT2D eigenvalue weighted by atomic mass is 10.1. The van der Waals surface area contributed by atoms with E-state index in [0.29, 0.717) is 19.3 Å². The fourth-order valence-corrected chi connectivity index (χ4v) is 7.72. The van der Waals surface area contributed by atoms with Gasteiger partial charge in [-0.3, -0.25) is 14.4 Å². The molecule has 0 radical (unpaired) electrons. The Hall–Kier alpha value is -5.23. The molecule has 0 bridgehead atoms. The van der Waals surface area contributed by atoms with Gasteiger partial charge in [0.2, 0.25) is 0 Å². The van der Waals surface area contributed by atoms with Crippen LogP contribution in [0.2, 0.25) is 0 Å². The van der Waals surface area contributed by atoms with E-state index >= 15 is 0 Å². The number of carbonyl (C=O) groups excluding carboxylic acids is 3. The SMILES string of the molecule is CC/C=C\C/C=C\C/C=C\C/C=C\C/C=C\C/C=C\CCCCC(=O)OC(COC(=O)CCCCC/C=C\C/C=C\C/C=C\CC)COC(=O)CCCCCCCCCCC/C=C\C/C=C\C/C=C\C/C=C\C/C=C\CC. The lowest BCUT2D eigenvalue weighted by molar-refractivity contribution is -0.167. The van der Waals surface area contributed by atoms with Crippen molar-refractivity contribution in [2.45, 2.75) is 245 Å². The van der Waals surface area contributed by atoms with E-state index in [1.165, 1.54) is 38.5 Å². The molecular formula is C71H110O6. The summed E-state index contributed by atoms with van der Waals surface area (Å²) in [5.74, 6) is -1.00. The van der Waals surface area contributed by atoms with Crippen LogP contribution in [0.1, 0.15) is 239 Å². The summed E-state index contributed by atoms with van der Waals surface area (Å²) in [5.41, 5.74) is 0. The van der Waals surface area contributed by atoms with E-state index in [9.17, 15) is 14.4 Å². The third kappa shape index (κ3) is 61.5. The van der Waals surface area contributed by atoms with Gasteiger partial charge in [-0.25, -0.2) is 0 Å². The Kier molecular flexibility index (Phi) is 59.0. The third-order valence-electron chi connectivity index (χ3n) is 12.2. The monoisotopic (exact) mass is 1060 g/mol. The second-order valence-electron chi connectivity index (χ2n) is 19.5. The molecule has 0 amide bonds. The Bertz CT molecular complexity index is 1790. The Labute approximate surface area is 472 Å². The van der Waals surface area contributed by atoms with Crippen LogP contribution >= 0.6 is 0 Å². The largest absolute Gasteiger partial charge is 0.462 e. The minimum absolute atomic E-state index is 0.117. The molecule has 77 heavy (non-hydrogen) atoms. The maximum Gasteiger partial charge on any atom is 0.306 e. The summed E-state index contributed by atoms with van der Waals surface area (Å²) >= 11 is 0. The van der Waals surface area contributed by atoms with Gasteiger partial charge in [-0.15, -0.1) is 0 Å². The highest BCUT2D eigenvalue weighted by Gasteiger charge is 2.19. The average molecular weight is 1060 g/mol. The molecule has 1 atom stereocenters. The first-order valence-electron chi connectivity index (χ1n) is 30.6. The summed E-state index contributed by atoms with van der Waals surface area (Å²) in [4.78, 5) is 38.2. The standard InChI is InChI=1S/C71H110O6/c1-4-7-10-13-16-19-22-25-27-29-31-33-34-35-36-38-39-41-43-46-49-52-55-58-61-64-70(73)76-67-68(66-75-69(72)63-60-57-54-51-48-45-24-21-18-15-12-9-6-3)77-71(74)65-62-59-56-53-50-47-44-42-40-37-32-30-28-26-23-20-17-14-11-8-5-2/h7-12,16-21,25-28,31-33,35-37,42,44-45,48,50,53,68H,4-6,13-15,22-24,29-30,34,38-41,43,46-47,49,51-52,54-67H2,1-3H3/b10-7-,11-8-,12-9-,19-16-,20-17-,21-18-,27-25-,28-26-,33-31-,36-35-,37-32-,44-42-,48-45-,53-50-. The molecular weight excluding hydrogens is 949 g/mol. The van der Waals surface area contributed by atoms with Gasteiger partial charge < -0.3 is 14.2 Å². The van der Waals surface area contributed by atoms with Gasteiger partial charge in [0.1, 0.15) is 13.2 Å². The first-order chi connectivity index (χ1) is 38.0. The molecule has 0 heterocycles. The highest BCUT2D eigenvalue weighted by Crippen LogP contribution is 2.14. The van der Waals surface area contributed by atoms with E-state index in [1.54, 1.807) is 0 Å². The smallest absolute Gasteiger partial charge is 0.306 e. The van der Waals surface area contributed by atoms with E-state index < -0.39 is 6.10 Å². The van der Waals surface area contributed by atoms with Crippen molar-refractivity contribution in [1.82, 2.24) is 0 Å². The predicted octanol–water partition coefficient (Wildman–Crippen LogP) is 21.1. The second kappa shape index (κ2) is 63.3. The molecule has 0 saturated carbocycles. The number of allylic oxidation sites excluding steroid dienone is 28. The van der Waals surface area contributed by atoms with Crippen molar-refractivity contribution in [2.75, 3.05) is 13.2 Å². The Morgan fingerprint density at radius 1 is 0.260 bits per heavy atom. The quantitative estimate of drug-likeness (QED) is 0.0261. The lowest BCUT2D eigenvalue weighted by Gasteiger charge is -2.18. The molecule has 0 aliphatic rings. The number of carbonyl (C=O) groups is 3. The van der Waals surface area contributed by atoms with Crippen molar-refractivity contribution in [2.24, 2.45) is 0 Å². The van der Waals surface area contributed by atoms with E-state index in [1.807, 2.05) is 0 Å². The molecule has 0 aliphatic carbocycles. The first kappa shape index (κ1) is 71.8. The first-order valence-corrected chi connectivity index (χ1v) is 30.6. The molecule has 0 aliphatic heterocycles. The zero-order valence-electron chi connectivity index (χ0n) is 49.1. The van der Waals surface area contributed by atoms with Crippen molar-refractivity contribution in [3.63, 3.8) is 0 Å². The van der Waals surface area contributed by atoms with Crippen LogP contribution in [-0.4, -0.2) is 37.2 Å². The molecule has 0 aromatic heterocycles. The van der Waals surface area contributed by atoms with Crippen LogP contribution < -0.4 is 0 Å². The summed E-state index contributed by atoms with van der Waals surface area (Å²) in [5, 5.41) is 0. The minimum Gasteiger partial charge on any atom is -0.462 e. The molecule has 1 unspecified atom stereocenters. The number of hydrogen-bond acceptors (Lipinski definition) is 6. The predicted molar refractivity (Wildman–Crippen MR) is 334 cm³/mol. The van der Waals surface area contributed by atoms with Crippen molar-refractivity contribution in [1.29, 1.82) is 0 Å².